The molecule has 1 fully saturated rings. The Kier molecular flexibility index (Phi) is 8.11. The number of aryl methyl sites for hydroxylation is 1. The number of carboxylic acid groups (broad SMARTS) is 1. The molecule has 1 atom stereocenters. The third kappa shape index (κ3) is 5.96. The molecule has 1 aliphatic heterocycles. The summed E-state index contributed by atoms with van der Waals surface area (Å²) in [5, 5.41) is 13.0. The molecule has 1 aliphatic carbocycles. The molecular formula is C27H33N3O5S. The number of hydrogen-bond acceptors (Lipinski definition) is 5. The van der Waals surface area contributed by atoms with Crippen LogP contribution < -0.4 is 10.0 Å². The number of anilines is 1. The standard InChI is InChI=1S/C27H33N3O5S/c1-30-17-7-9-21(30)15-16-28-24(31)14-13-20-18-19-8-5-6-12-23(19)25(27(32)33)26(20)29-36(34,35)22-10-3-2-4-11-22/h2-4,10-11,13-14,18,21,29H,5-9,12,15-17H2,1H3,(H,28,31)(H,32,33)/b14-13+. The number of benzene rings is 2. The Hall–Kier alpha value is -3.17. The zero-order chi connectivity index (χ0) is 25.7. The maximum atomic E-state index is 13.1. The molecule has 2 aliphatic rings. The third-order valence-electron chi connectivity index (χ3n) is 7.05. The normalized spacial score (nSPS) is 18.2. The number of hydrogen-bond donors (Lipinski definition) is 3. The lowest BCUT2D eigenvalue weighted by Crippen LogP contribution is -2.31. The lowest BCUT2D eigenvalue weighted by molar-refractivity contribution is -0.116. The van der Waals surface area contributed by atoms with E-state index in [4.69, 9.17) is 0 Å². The van der Waals surface area contributed by atoms with Gasteiger partial charge in [-0.25, -0.2) is 13.2 Å². The molecule has 0 radical (unpaired) electrons. The molecule has 0 aromatic heterocycles. The van der Waals surface area contributed by atoms with Crippen molar-refractivity contribution in [3.8, 4) is 0 Å². The molecule has 2 aromatic rings. The van der Waals surface area contributed by atoms with Gasteiger partial charge in [0.05, 0.1) is 16.1 Å². The maximum Gasteiger partial charge on any atom is 0.338 e. The lowest BCUT2D eigenvalue weighted by atomic mass is 9.85. The summed E-state index contributed by atoms with van der Waals surface area (Å²) in [6, 6.07) is 10.1. The average Bonchev–Trinajstić information content (AvgIpc) is 3.27. The molecule has 36 heavy (non-hydrogen) atoms. The molecule has 3 N–H and O–H groups in total. The number of carbonyl (C=O) groups excluding carboxylic acids is 1. The lowest BCUT2D eigenvalue weighted by Gasteiger charge is -2.23. The summed E-state index contributed by atoms with van der Waals surface area (Å²) >= 11 is 0. The van der Waals surface area contributed by atoms with Gasteiger partial charge in [0.2, 0.25) is 5.91 Å². The topological polar surface area (TPSA) is 116 Å². The molecule has 0 saturated carbocycles. The number of sulfonamides is 1. The van der Waals surface area contributed by atoms with E-state index in [1.807, 2.05) is 0 Å². The highest BCUT2D eigenvalue weighted by Gasteiger charge is 2.27. The maximum absolute atomic E-state index is 13.1. The van der Waals surface area contributed by atoms with Crippen molar-refractivity contribution >= 4 is 33.7 Å². The second kappa shape index (κ2) is 11.3. The van der Waals surface area contributed by atoms with Crippen LogP contribution in [0.4, 0.5) is 5.69 Å². The van der Waals surface area contributed by atoms with Crippen molar-refractivity contribution < 1.29 is 23.1 Å². The predicted octanol–water partition coefficient (Wildman–Crippen LogP) is 3.68. The van der Waals surface area contributed by atoms with Gasteiger partial charge in [0.15, 0.2) is 0 Å². The van der Waals surface area contributed by atoms with Crippen LogP contribution in [0.25, 0.3) is 6.08 Å². The van der Waals surface area contributed by atoms with Gasteiger partial charge >= 0.3 is 5.97 Å². The first-order chi connectivity index (χ1) is 17.3. The molecule has 0 spiro atoms. The molecular weight excluding hydrogens is 478 g/mol. The highest BCUT2D eigenvalue weighted by atomic mass is 32.2. The number of carboxylic acids is 1. The van der Waals surface area contributed by atoms with Crippen molar-refractivity contribution in [3.63, 3.8) is 0 Å². The Labute approximate surface area is 212 Å². The zero-order valence-electron chi connectivity index (χ0n) is 20.5. The fourth-order valence-corrected chi connectivity index (χ4v) is 6.25. The highest BCUT2D eigenvalue weighted by Crippen LogP contribution is 2.35. The van der Waals surface area contributed by atoms with Crippen molar-refractivity contribution in [1.82, 2.24) is 10.2 Å². The summed E-state index contributed by atoms with van der Waals surface area (Å²) in [5.74, 6) is -1.50. The Bertz CT molecular complexity index is 1260. The number of fused-ring (bicyclic) bond motifs is 1. The van der Waals surface area contributed by atoms with Crippen molar-refractivity contribution in [2.75, 3.05) is 24.9 Å². The molecule has 2 aromatic carbocycles. The molecule has 1 saturated heterocycles. The van der Waals surface area contributed by atoms with Crippen LogP contribution in [0.5, 0.6) is 0 Å². The zero-order valence-corrected chi connectivity index (χ0v) is 21.3. The molecule has 9 heteroatoms. The monoisotopic (exact) mass is 511 g/mol. The summed E-state index contributed by atoms with van der Waals surface area (Å²) < 4.78 is 28.7. The molecule has 192 valence electrons. The van der Waals surface area contributed by atoms with Crippen molar-refractivity contribution in [3.05, 3.63) is 64.7 Å². The van der Waals surface area contributed by atoms with Crippen LogP contribution in [0.3, 0.4) is 0 Å². The minimum atomic E-state index is -4.04. The SMILES string of the molecule is CN1CCCC1CCNC(=O)/C=C/c1cc2c(c(C(=O)O)c1NS(=O)(=O)c1ccccc1)CCCC2. The number of carbonyl (C=O) groups is 2. The number of nitrogens with zero attached hydrogens (tertiary/aromatic N) is 1. The second-order valence-corrected chi connectivity index (χ2v) is 11.2. The van der Waals surface area contributed by atoms with Crippen molar-refractivity contribution in [2.24, 2.45) is 0 Å². The van der Waals surface area contributed by atoms with Gasteiger partial charge in [-0.2, -0.15) is 0 Å². The first-order valence-corrected chi connectivity index (χ1v) is 13.9. The number of amides is 1. The van der Waals surface area contributed by atoms with Crippen LogP contribution in [-0.2, 0) is 27.7 Å². The first kappa shape index (κ1) is 25.9. The summed E-state index contributed by atoms with van der Waals surface area (Å²) in [7, 11) is -1.95. The number of likely N-dealkylation sites (tertiary alicyclic amines) is 1. The van der Waals surface area contributed by atoms with Gasteiger partial charge in [0.1, 0.15) is 0 Å². The van der Waals surface area contributed by atoms with Gasteiger partial charge in [0.25, 0.3) is 10.0 Å². The average molecular weight is 512 g/mol. The Morgan fingerprint density at radius 1 is 1.14 bits per heavy atom. The van der Waals surface area contributed by atoms with E-state index in [-0.39, 0.29) is 22.1 Å². The minimum Gasteiger partial charge on any atom is -0.478 e. The van der Waals surface area contributed by atoms with Crippen LogP contribution >= 0.6 is 0 Å². The van der Waals surface area contributed by atoms with Gasteiger partial charge in [-0.3, -0.25) is 9.52 Å². The Morgan fingerprint density at radius 3 is 2.58 bits per heavy atom. The van der Waals surface area contributed by atoms with Gasteiger partial charge < -0.3 is 15.3 Å². The second-order valence-electron chi connectivity index (χ2n) is 9.47. The van der Waals surface area contributed by atoms with Gasteiger partial charge in [-0.15, -0.1) is 0 Å². The fraction of sp³-hybridized carbons (Fsp3) is 0.407. The molecule has 1 unspecified atom stereocenters. The van der Waals surface area contributed by atoms with E-state index >= 15 is 0 Å². The molecule has 4 rings (SSSR count). The molecule has 1 heterocycles. The van der Waals surface area contributed by atoms with Gasteiger partial charge in [-0.1, -0.05) is 18.2 Å². The van der Waals surface area contributed by atoms with Gasteiger partial charge in [-0.05, 0) is 99.5 Å². The third-order valence-corrected chi connectivity index (χ3v) is 8.41. The van der Waals surface area contributed by atoms with Crippen LogP contribution in [-0.4, -0.2) is 56.5 Å². The van der Waals surface area contributed by atoms with Crippen LogP contribution in [0.15, 0.2) is 47.4 Å². The smallest absolute Gasteiger partial charge is 0.338 e. The number of aromatic carboxylic acids is 1. The number of rotatable bonds is 9. The van der Waals surface area contributed by atoms with E-state index in [9.17, 15) is 23.1 Å². The van der Waals surface area contributed by atoms with Crippen LogP contribution in [0.2, 0.25) is 0 Å². The quantitative estimate of drug-likeness (QED) is 0.443. The van der Waals surface area contributed by atoms with E-state index in [2.05, 4.69) is 22.0 Å². The molecule has 1 amide bonds. The predicted molar refractivity (Wildman–Crippen MR) is 140 cm³/mol. The van der Waals surface area contributed by atoms with E-state index in [0.717, 1.165) is 37.8 Å². The minimum absolute atomic E-state index is 0.0105. The summed E-state index contributed by atoms with van der Waals surface area (Å²) in [6.07, 6.45) is 9.05. The van der Waals surface area contributed by atoms with Crippen LogP contribution in [0.1, 0.15) is 59.2 Å². The Morgan fingerprint density at radius 2 is 1.89 bits per heavy atom. The van der Waals surface area contributed by atoms with Crippen molar-refractivity contribution in [1.29, 1.82) is 0 Å². The van der Waals surface area contributed by atoms with Crippen molar-refractivity contribution in [2.45, 2.75) is 55.9 Å². The van der Waals surface area contributed by atoms with E-state index < -0.39 is 16.0 Å². The van der Waals surface area contributed by atoms with Gasteiger partial charge in [0, 0.05) is 18.7 Å². The van der Waals surface area contributed by atoms with E-state index in [0.29, 0.717) is 36.6 Å². The summed E-state index contributed by atoms with van der Waals surface area (Å²) in [5.41, 5.74) is 1.84. The molecule has 0 bridgehead atoms. The van der Waals surface area contributed by atoms with Crippen LogP contribution in [0, 0.1) is 0 Å². The highest BCUT2D eigenvalue weighted by molar-refractivity contribution is 7.92. The largest absolute Gasteiger partial charge is 0.478 e. The van der Waals surface area contributed by atoms with E-state index in [1.54, 1.807) is 24.3 Å². The summed E-state index contributed by atoms with van der Waals surface area (Å²) in [6.45, 7) is 1.61. The molecule has 8 nitrogen and oxygen atoms in total. The first-order valence-electron chi connectivity index (χ1n) is 12.4. The summed E-state index contributed by atoms with van der Waals surface area (Å²) in [4.78, 5) is 27.2. The fourth-order valence-electron chi connectivity index (χ4n) is 5.13. The Balaban J connectivity index is 1.62. The number of nitrogens with one attached hydrogen (secondary N) is 2. The van der Waals surface area contributed by atoms with E-state index in [1.165, 1.54) is 30.7 Å².